The SMILES string of the molecule is CCCNCc1cccc(Cl)c1Oc1cccc(C)c1. The largest absolute Gasteiger partial charge is 0.455 e. The van der Waals surface area contributed by atoms with E-state index >= 15 is 0 Å². The van der Waals surface area contributed by atoms with Crippen LogP contribution in [0.4, 0.5) is 0 Å². The number of aryl methyl sites for hydroxylation is 1. The van der Waals surface area contributed by atoms with Crippen LogP contribution < -0.4 is 10.1 Å². The van der Waals surface area contributed by atoms with Gasteiger partial charge in [0.05, 0.1) is 5.02 Å². The molecule has 2 rings (SSSR count). The molecule has 2 aromatic rings. The molecule has 0 bridgehead atoms. The number of nitrogens with one attached hydrogen (secondary N) is 1. The molecule has 0 aromatic heterocycles. The summed E-state index contributed by atoms with van der Waals surface area (Å²) < 4.78 is 5.98. The van der Waals surface area contributed by atoms with Crippen molar-refractivity contribution in [2.45, 2.75) is 26.8 Å². The van der Waals surface area contributed by atoms with Gasteiger partial charge in [-0.3, -0.25) is 0 Å². The minimum absolute atomic E-state index is 0.641. The minimum atomic E-state index is 0.641. The fraction of sp³-hybridized carbons (Fsp3) is 0.294. The first kappa shape index (κ1) is 14.9. The number of rotatable bonds is 6. The molecule has 1 N–H and O–H groups in total. The van der Waals surface area contributed by atoms with Crippen molar-refractivity contribution < 1.29 is 4.74 Å². The highest BCUT2D eigenvalue weighted by Crippen LogP contribution is 2.33. The van der Waals surface area contributed by atoms with Gasteiger partial charge in [0.1, 0.15) is 11.5 Å². The zero-order valence-electron chi connectivity index (χ0n) is 11.9. The molecule has 0 saturated carbocycles. The molecule has 0 aliphatic heterocycles. The first-order valence-electron chi connectivity index (χ1n) is 6.93. The number of hydrogen-bond donors (Lipinski definition) is 1. The molecule has 2 nitrogen and oxygen atoms in total. The van der Waals surface area contributed by atoms with E-state index in [4.69, 9.17) is 16.3 Å². The summed E-state index contributed by atoms with van der Waals surface area (Å²) in [5.41, 5.74) is 2.24. The molecule has 0 amide bonds. The molecule has 0 unspecified atom stereocenters. The van der Waals surface area contributed by atoms with Gasteiger partial charge in [0, 0.05) is 12.1 Å². The van der Waals surface area contributed by atoms with Crippen molar-refractivity contribution in [2.75, 3.05) is 6.54 Å². The Morgan fingerprint density at radius 3 is 2.70 bits per heavy atom. The molecular formula is C17H20ClNO. The van der Waals surface area contributed by atoms with E-state index in [1.807, 2.05) is 49.4 Å². The Labute approximate surface area is 125 Å². The van der Waals surface area contributed by atoms with Gasteiger partial charge in [-0.2, -0.15) is 0 Å². The van der Waals surface area contributed by atoms with Crippen molar-refractivity contribution in [1.29, 1.82) is 0 Å². The van der Waals surface area contributed by atoms with E-state index in [0.717, 1.165) is 36.6 Å². The molecular weight excluding hydrogens is 270 g/mol. The molecule has 0 aliphatic carbocycles. The van der Waals surface area contributed by atoms with Crippen molar-refractivity contribution in [3.63, 3.8) is 0 Å². The van der Waals surface area contributed by atoms with Crippen LogP contribution in [0.3, 0.4) is 0 Å². The molecule has 0 heterocycles. The first-order chi connectivity index (χ1) is 9.70. The highest BCUT2D eigenvalue weighted by molar-refractivity contribution is 6.32. The van der Waals surface area contributed by atoms with Crippen LogP contribution >= 0.6 is 11.6 Å². The van der Waals surface area contributed by atoms with E-state index in [1.165, 1.54) is 5.56 Å². The summed E-state index contributed by atoms with van der Waals surface area (Å²) in [6.45, 7) is 5.93. The third kappa shape index (κ3) is 3.99. The Morgan fingerprint density at radius 2 is 1.95 bits per heavy atom. The Hall–Kier alpha value is -1.51. The minimum Gasteiger partial charge on any atom is -0.455 e. The number of ether oxygens (including phenoxy) is 1. The maximum Gasteiger partial charge on any atom is 0.150 e. The average molecular weight is 290 g/mol. The average Bonchev–Trinajstić information content (AvgIpc) is 2.43. The third-order valence-corrected chi connectivity index (χ3v) is 3.30. The molecule has 0 spiro atoms. The zero-order chi connectivity index (χ0) is 14.4. The van der Waals surface area contributed by atoms with Gasteiger partial charge in [-0.05, 0) is 43.7 Å². The molecule has 0 atom stereocenters. The quantitative estimate of drug-likeness (QED) is 0.761. The van der Waals surface area contributed by atoms with Crippen molar-refractivity contribution in [2.24, 2.45) is 0 Å². The number of para-hydroxylation sites is 1. The Balaban J connectivity index is 2.21. The van der Waals surface area contributed by atoms with Gasteiger partial charge in [-0.15, -0.1) is 0 Å². The van der Waals surface area contributed by atoms with Crippen LogP contribution in [0.25, 0.3) is 0 Å². The van der Waals surface area contributed by atoms with Gasteiger partial charge in [-0.1, -0.05) is 42.8 Å². The molecule has 0 radical (unpaired) electrons. The van der Waals surface area contributed by atoms with Crippen molar-refractivity contribution in [3.05, 3.63) is 58.6 Å². The number of hydrogen-bond acceptors (Lipinski definition) is 2. The second-order valence-corrected chi connectivity index (χ2v) is 5.23. The predicted molar refractivity (Wildman–Crippen MR) is 84.7 cm³/mol. The van der Waals surface area contributed by atoms with Gasteiger partial charge >= 0.3 is 0 Å². The monoisotopic (exact) mass is 289 g/mol. The van der Waals surface area contributed by atoms with Crippen LogP contribution in [0.1, 0.15) is 24.5 Å². The molecule has 106 valence electrons. The van der Waals surface area contributed by atoms with Gasteiger partial charge in [-0.25, -0.2) is 0 Å². The second kappa shape index (κ2) is 7.32. The van der Waals surface area contributed by atoms with Crippen LogP contribution in [0, 0.1) is 6.92 Å². The second-order valence-electron chi connectivity index (χ2n) is 4.82. The lowest BCUT2D eigenvalue weighted by molar-refractivity contribution is 0.472. The predicted octanol–water partition coefficient (Wildman–Crippen LogP) is 4.94. The van der Waals surface area contributed by atoms with E-state index in [2.05, 4.69) is 12.2 Å². The summed E-state index contributed by atoms with van der Waals surface area (Å²) in [4.78, 5) is 0. The number of benzene rings is 2. The summed E-state index contributed by atoms with van der Waals surface area (Å²) in [6, 6.07) is 13.8. The van der Waals surface area contributed by atoms with Gasteiger partial charge in [0.15, 0.2) is 0 Å². The standard InChI is InChI=1S/C17H20ClNO/c1-3-10-19-12-14-7-5-9-16(18)17(14)20-15-8-4-6-13(2)11-15/h4-9,11,19H,3,10,12H2,1-2H3. The van der Waals surface area contributed by atoms with E-state index in [1.54, 1.807) is 0 Å². The number of halogens is 1. The summed E-state index contributed by atoms with van der Waals surface area (Å²) in [6.07, 6.45) is 1.11. The smallest absolute Gasteiger partial charge is 0.150 e. The molecule has 0 saturated heterocycles. The van der Waals surface area contributed by atoms with E-state index < -0.39 is 0 Å². The van der Waals surface area contributed by atoms with Crippen molar-refractivity contribution >= 4 is 11.6 Å². The van der Waals surface area contributed by atoms with Crippen LogP contribution in [-0.4, -0.2) is 6.54 Å². The maximum absolute atomic E-state index is 6.28. The van der Waals surface area contributed by atoms with Crippen LogP contribution in [-0.2, 0) is 6.54 Å². The van der Waals surface area contributed by atoms with Gasteiger partial charge < -0.3 is 10.1 Å². The molecule has 0 fully saturated rings. The lowest BCUT2D eigenvalue weighted by atomic mass is 10.2. The highest BCUT2D eigenvalue weighted by atomic mass is 35.5. The fourth-order valence-electron chi connectivity index (χ4n) is 2.00. The highest BCUT2D eigenvalue weighted by Gasteiger charge is 2.09. The molecule has 3 heteroatoms. The van der Waals surface area contributed by atoms with E-state index in [9.17, 15) is 0 Å². The Morgan fingerprint density at radius 1 is 1.15 bits per heavy atom. The fourth-order valence-corrected chi connectivity index (χ4v) is 2.24. The summed E-state index contributed by atoms with van der Waals surface area (Å²) in [5, 5.41) is 4.02. The molecule has 20 heavy (non-hydrogen) atoms. The normalized spacial score (nSPS) is 10.6. The van der Waals surface area contributed by atoms with Crippen molar-refractivity contribution in [1.82, 2.24) is 5.32 Å². The maximum atomic E-state index is 6.28. The zero-order valence-corrected chi connectivity index (χ0v) is 12.7. The van der Waals surface area contributed by atoms with Crippen molar-refractivity contribution in [3.8, 4) is 11.5 Å². The lowest BCUT2D eigenvalue weighted by Gasteiger charge is -2.13. The molecule has 0 aliphatic rings. The van der Waals surface area contributed by atoms with Crippen LogP contribution in [0.5, 0.6) is 11.5 Å². The summed E-state index contributed by atoms with van der Waals surface area (Å²) >= 11 is 6.28. The van der Waals surface area contributed by atoms with Crippen LogP contribution in [0.15, 0.2) is 42.5 Å². The third-order valence-electron chi connectivity index (χ3n) is 3.00. The van der Waals surface area contributed by atoms with Gasteiger partial charge in [0.25, 0.3) is 0 Å². The van der Waals surface area contributed by atoms with E-state index in [-0.39, 0.29) is 0 Å². The summed E-state index contributed by atoms with van der Waals surface area (Å²) in [5.74, 6) is 1.55. The van der Waals surface area contributed by atoms with Gasteiger partial charge in [0.2, 0.25) is 0 Å². The molecule has 2 aromatic carbocycles. The lowest BCUT2D eigenvalue weighted by Crippen LogP contribution is -2.14. The van der Waals surface area contributed by atoms with E-state index in [0.29, 0.717) is 5.02 Å². The Bertz CT molecular complexity index is 569. The Kier molecular flexibility index (Phi) is 5.45. The first-order valence-corrected chi connectivity index (χ1v) is 7.31. The van der Waals surface area contributed by atoms with Crippen LogP contribution in [0.2, 0.25) is 5.02 Å². The summed E-state index contributed by atoms with van der Waals surface area (Å²) in [7, 11) is 0. The topological polar surface area (TPSA) is 21.3 Å².